The number of hydrogen-bond acceptors (Lipinski definition) is 6. The second kappa shape index (κ2) is 7.76. The van der Waals surface area contributed by atoms with Gasteiger partial charge in [0, 0.05) is 28.9 Å². The van der Waals surface area contributed by atoms with Crippen LogP contribution in [0.15, 0.2) is 53.3 Å². The third-order valence-corrected chi connectivity index (χ3v) is 4.29. The van der Waals surface area contributed by atoms with Crippen LogP contribution in [-0.4, -0.2) is 29.1 Å². The second-order valence-electron chi connectivity index (χ2n) is 5.02. The van der Waals surface area contributed by atoms with Crippen LogP contribution >= 0.6 is 11.3 Å². The van der Waals surface area contributed by atoms with E-state index in [1.807, 2.05) is 30.5 Å². The summed E-state index contributed by atoms with van der Waals surface area (Å²) in [5.41, 5.74) is 1.40. The van der Waals surface area contributed by atoms with Crippen LogP contribution < -0.4 is 10.6 Å². The molecule has 1 aromatic carbocycles. The molecule has 0 radical (unpaired) electrons. The van der Waals surface area contributed by atoms with Crippen molar-refractivity contribution in [2.45, 2.75) is 6.54 Å². The van der Waals surface area contributed by atoms with Gasteiger partial charge in [0.25, 0.3) is 5.91 Å². The number of carbonyl (C=O) groups is 1. The Morgan fingerprint density at radius 2 is 2.21 bits per heavy atom. The Bertz CT molecular complexity index is 799. The van der Waals surface area contributed by atoms with Crippen LogP contribution in [0.2, 0.25) is 0 Å². The SMILES string of the molecule is O=C(NCCO)c1cccc(NCc2cnc(-c3ccco3)s2)c1. The molecule has 0 saturated heterocycles. The molecule has 0 spiro atoms. The van der Waals surface area contributed by atoms with E-state index in [1.54, 1.807) is 29.7 Å². The van der Waals surface area contributed by atoms with Crippen LogP contribution in [0.5, 0.6) is 0 Å². The molecule has 6 nitrogen and oxygen atoms in total. The number of carbonyl (C=O) groups excluding carboxylic acids is 1. The predicted octanol–water partition coefficient (Wildman–Crippen LogP) is 2.74. The molecule has 3 aromatic rings. The Balaban J connectivity index is 1.61. The summed E-state index contributed by atoms with van der Waals surface area (Å²) >= 11 is 1.56. The van der Waals surface area contributed by atoms with Crippen LogP contribution in [0.4, 0.5) is 5.69 Å². The largest absolute Gasteiger partial charge is 0.462 e. The lowest BCUT2D eigenvalue weighted by molar-refractivity contribution is 0.0945. The first-order valence-electron chi connectivity index (χ1n) is 7.48. The van der Waals surface area contributed by atoms with Gasteiger partial charge < -0.3 is 20.2 Å². The molecule has 0 saturated carbocycles. The topological polar surface area (TPSA) is 87.4 Å². The van der Waals surface area contributed by atoms with Crippen molar-refractivity contribution in [2.75, 3.05) is 18.5 Å². The summed E-state index contributed by atoms with van der Waals surface area (Å²) in [7, 11) is 0. The molecule has 2 heterocycles. The molecule has 1 amide bonds. The molecular formula is C17H17N3O3S. The fraction of sp³-hybridized carbons (Fsp3) is 0.176. The number of furan rings is 1. The van der Waals surface area contributed by atoms with E-state index in [0.717, 1.165) is 21.3 Å². The quantitative estimate of drug-likeness (QED) is 0.614. The highest BCUT2D eigenvalue weighted by Gasteiger charge is 2.08. The number of hydrogen-bond donors (Lipinski definition) is 3. The minimum Gasteiger partial charge on any atom is -0.462 e. The summed E-state index contributed by atoms with van der Waals surface area (Å²) in [6, 6.07) is 10.9. The fourth-order valence-electron chi connectivity index (χ4n) is 2.13. The molecule has 7 heteroatoms. The number of anilines is 1. The molecule has 2 aromatic heterocycles. The normalized spacial score (nSPS) is 10.5. The molecule has 0 fully saturated rings. The van der Waals surface area contributed by atoms with E-state index >= 15 is 0 Å². The van der Waals surface area contributed by atoms with Gasteiger partial charge in [-0.2, -0.15) is 0 Å². The molecule has 124 valence electrons. The molecule has 0 aliphatic rings. The molecule has 0 unspecified atom stereocenters. The van der Waals surface area contributed by atoms with Crippen LogP contribution in [-0.2, 0) is 6.54 Å². The van der Waals surface area contributed by atoms with E-state index in [-0.39, 0.29) is 19.1 Å². The van der Waals surface area contributed by atoms with Crippen LogP contribution in [0, 0.1) is 0 Å². The summed E-state index contributed by atoms with van der Waals surface area (Å²) in [6.45, 7) is 0.778. The van der Waals surface area contributed by atoms with E-state index in [0.29, 0.717) is 12.1 Å². The number of aromatic nitrogens is 1. The number of amides is 1. The summed E-state index contributed by atoms with van der Waals surface area (Å²) in [4.78, 5) is 17.3. The first-order valence-corrected chi connectivity index (χ1v) is 8.29. The Kier molecular flexibility index (Phi) is 5.25. The minimum atomic E-state index is -0.203. The van der Waals surface area contributed by atoms with Gasteiger partial charge in [-0.05, 0) is 30.3 Å². The van der Waals surface area contributed by atoms with Gasteiger partial charge in [0.05, 0.1) is 19.4 Å². The van der Waals surface area contributed by atoms with E-state index in [9.17, 15) is 4.79 Å². The van der Waals surface area contributed by atoms with Crippen molar-refractivity contribution in [1.29, 1.82) is 0 Å². The Morgan fingerprint density at radius 3 is 3.00 bits per heavy atom. The Morgan fingerprint density at radius 1 is 1.29 bits per heavy atom. The molecule has 0 bridgehead atoms. The maximum Gasteiger partial charge on any atom is 0.251 e. The molecule has 3 rings (SSSR count). The van der Waals surface area contributed by atoms with Gasteiger partial charge in [-0.1, -0.05) is 6.07 Å². The van der Waals surface area contributed by atoms with Crippen molar-refractivity contribution in [3.63, 3.8) is 0 Å². The van der Waals surface area contributed by atoms with E-state index in [1.165, 1.54) is 0 Å². The lowest BCUT2D eigenvalue weighted by atomic mass is 10.2. The molecule has 3 N–H and O–H groups in total. The van der Waals surface area contributed by atoms with E-state index in [4.69, 9.17) is 9.52 Å². The van der Waals surface area contributed by atoms with Crippen molar-refractivity contribution in [2.24, 2.45) is 0 Å². The Hall–Kier alpha value is -2.64. The van der Waals surface area contributed by atoms with Gasteiger partial charge in [-0.25, -0.2) is 4.98 Å². The summed E-state index contributed by atoms with van der Waals surface area (Å²) in [5.74, 6) is 0.555. The van der Waals surface area contributed by atoms with Crippen molar-refractivity contribution in [1.82, 2.24) is 10.3 Å². The van der Waals surface area contributed by atoms with E-state index in [2.05, 4.69) is 15.6 Å². The third kappa shape index (κ3) is 4.01. The van der Waals surface area contributed by atoms with Crippen molar-refractivity contribution in [3.8, 4) is 10.8 Å². The number of benzene rings is 1. The maximum atomic E-state index is 11.9. The van der Waals surface area contributed by atoms with Crippen LogP contribution in [0.25, 0.3) is 10.8 Å². The summed E-state index contributed by atoms with van der Waals surface area (Å²) in [6.07, 6.45) is 3.44. The summed E-state index contributed by atoms with van der Waals surface area (Å²) in [5, 5.41) is 15.5. The Labute approximate surface area is 143 Å². The molecular weight excluding hydrogens is 326 g/mol. The fourth-order valence-corrected chi connectivity index (χ4v) is 2.95. The first kappa shape index (κ1) is 16.2. The average Bonchev–Trinajstić information content (AvgIpc) is 3.29. The van der Waals surface area contributed by atoms with Crippen LogP contribution in [0.3, 0.4) is 0 Å². The highest BCUT2D eigenvalue weighted by atomic mass is 32.1. The van der Waals surface area contributed by atoms with Gasteiger partial charge in [-0.15, -0.1) is 11.3 Å². The zero-order valence-corrected chi connectivity index (χ0v) is 13.7. The van der Waals surface area contributed by atoms with Gasteiger partial charge in [0.15, 0.2) is 10.8 Å². The lowest BCUT2D eigenvalue weighted by Gasteiger charge is -2.07. The number of rotatable bonds is 7. The van der Waals surface area contributed by atoms with Crippen molar-refractivity contribution in [3.05, 3.63) is 59.3 Å². The zero-order valence-electron chi connectivity index (χ0n) is 12.9. The van der Waals surface area contributed by atoms with Gasteiger partial charge >= 0.3 is 0 Å². The van der Waals surface area contributed by atoms with Crippen molar-refractivity contribution >= 4 is 22.9 Å². The number of aliphatic hydroxyl groups is 1. The smallest absolute Gasteiger partial charge is 0.251 e. The highest BCUT2D eigenvalue weighted by Crippen LogP contribution is 2.26. The first-order chi connectivity index (χ1) is 11.8. The van der Waals surface area contributed by atoms with Gasteiger partial charge in [0.1, 0.15) is 0 Å². The highest BCUT2D eigenvalue weighted by molar-refractivity contribution is 7.14. The number of nitrogens with one attached hydrogen (secondary N) is 2. The second-order valence-corrected chi connectivity index (χ2v) is 6.14. The average molecular weight is 343 g/mol. The third-order valence-electron chi connectivity index (χ3n) is 3.27. The number of thiazole rings is 1. The monoisotopic (exact) mass is 343 g/mol. The predicted molar refractivity (Wildman–Crippen MR) is 93.0 cm³/mol. The van der Waals surface area contributed by atoms with Gasteiger partial charge in [-0.3, -0.25) is 4.79 Å². The van der Waals surface area contributed by atoms with Crippen LogP contribution in [0.1, 0.15) is 15.2 Å². The van der Waals surface area contributed by atoms with E-state index < -0.39 is 0 Å². The summed E-state index contributed by atoms with van der Waals surface area (Å²) < 4.78 is 5.34. The number of aliphatic hydroxyl groups excluding tert-OH is 1. The van der Waals surface area contributed by atoms with Crippen molar-refractivity contribution < 1.29 is 14.3 Å². The standard InChI is InChI=1S/C17H17N3O3S/c21-7-6-18-16(22)12-3-1-4-13(9-12)19-10-14-11-20-17(24-14)15-5-2-8-23-15/h1-5,8-9,11,19,21H,6-7,10H2,(H,18,22). The molecule has 24 heavy (non-hydrogen) atoms. The number of nitrogens with zero attached hydrogens (tertiary/aromatic N) is 1. The zero-order chi connectivity index (χ0) is 16.8. The maximum absolute atomic E-state index is 11.9. The molecule has 0 aliphatic heterocycles. The van der Waals surface area contributed by atoms with Gasteiger partial charge in [0.2, 0.25) is 0 Å². The molecule has 0 aliphatic carbocycles. The molecule has 0 atom stereocenters. The lowest BCUT2D eigenvalue weighted by Crippen LogP contribution is -2.26. The minimum absolute atomic E-state index is 0.0763.